The highest BCUT2D eigenvalue weighted by Crippen LogP contribution is 2.34. The van der Waals surface area contributed by atoms with E-state index in [1.54, 1.807) is 17.9 Å². The molecule has 0 aromatic carbocycles. The molecule has 0 bridgehead atoms. The van der Waals surface area contributed by atoms with Gasteiger partial charge in [0.25, 0.3) is 0 Å². The number of carbonyl (C=O) groups excluding carboxylic acids is 2. The Labute approximate surface area is 103 Å². The van der Waals surface area contributed by atoms with Gasteiger partial charge in [-0.05, 0) is 26.2 Å². The molecule has 0 aromatic heterocycles. The minimum Gasteiger partial charge on any atom is -0.467 e. The molecule has 0 radical (unpaired) electrons. The molecule has 1 amide bonds. The first-order valence-electron chi connectivity index (χ1n) is 6.02. The van der Waals surface area contributed by atoms with Gasteiger partial charge in [-0.3, -0.25) is 4.79 Å². The van der Waals surface area contributed by atoms with E-state index in [4.69, 9.17) is 4.74 Å². The Morgan fingerprint density at radius 1 is 1.71 bits per heavy atom. The van der Waals surface area contributed by atoms with Crippen molar-refractivity contribution in [2.45, 2.75) is 38.6 Å². The van der Waals surface area contributed by atoms with Crippen molar-refractivity contribution in [3.63, 3.8) is 0 Å². The third-order valence-electron chi connectivity index (χ3n) is 3.62. The molecule has 4 heteroatoms. The molecule has 96 valence electrons. The molecular weight excluding hydrogens is 218 g/mol. The highest BCUT2D eigenvalue weighted by atomic mass is 16.5. The molecule has 2 atom stereocenters. The lowest BCUT2D eigenvalue weighted by Crippen LogP contribution is -2.60. The van der Waals surface area contributed by atoms with Gasteiger partial charge in [0.05, 0.1) is 7.11 Å². The SMILES string of the molecule is C=CCN1C(=O)C(CC)CCC1(C)C(=O)OC. The number of methoxy groups -OCH3 is 1. The zero-order valence-electron chi connectivity index (χ0n) is 10.9. The van der Waals surface area contributed by atoms with Crippen LogP contribution in [0, 0.1) is 5.92 Å². The van der Waals surface area contributed by atoms with Crippen LogP contribution in [0.4, 0.5) is 0 Å². The van der Waals surface area contributed by atoms with Crippen molar-refractivity contribution in [3.05, 3.63) is 12.7 Å². The summed E-state index contributed by atoms with van der Waals surface area (Å²) in [5.41, 5.74) is -0.842. The molecule has 1 rings (SSSR count). The summed E-state index contributed by atoms with van der Waals surface area (Å²) in [5.74, 6) is -0.290. The number of likely N-dealkylation sites (tertiary alicyclic amines) is 1. The van der Waals surface area contributed by atoms with Crippen LogP contribution in [0.5, 0.6) is 0 Å². The largest absolute Gasteiger partial charge is 0.467 e. The first-order valence-corrected chi connectivity index (χ1v) is 6.02. The van der Waals surface area contributed by atoms with E-state index in [0.717, 1.165) is 12.8 Å². The smallest absolute Gasteiger partial charge is 0.331 e. The number of carbonyl (C=O) groups is 2. The fourth-order valence-electron chi connectivity index (χ4n) is 2.41. The third-order valence-corrected chi connectivity index (χ3v) is 3.62. The molecule has 1 aliphatic heterocycles. The Morgan fingerprint density at radius 2 is 2.35 bits per heavy atom. The highest BCUT2D eigenvalue weighted by molar-refractivity contribution is 5.90. The predicted molar refractivity (Wildman–Crippen MR) is 65.3 cm³/mol. The molecule has 4 nitrogen and oxygen atoms in total. The Morgan fingerprint density at radius 3 is 2.82 bits per heavy atom. The fourth-order valence-corrected chi connectivity index (χ4v) is 2.41. The van der Waals surface area contributed by atoms with Crippen LogP contribution in [-0.4, -0.2) is 36.0 Å². The van der Waals surface area contributed by atoms with E-state index in [9.17, 15) is 9.59 Å². The quantitative estimate of drug-likeness (QED) is 0.554. The number of nitrogens with zero attached hydrogens (tertiary/aromatic N) is 1. The lowest BCUT2D eigenvalue weighted by molar-refractivity contribution is -0.166. The summed E-state index contributed by atoms with van der Waals surface area (Å²) in [6.07, 6.45) is 3.85. The molecule has 1 aliphatic rings. The number of esters is 1. The van der Waals surface area contributed by atoms with Gasteiger partial charge in [0.15, 0.2) is 0 Å². The second-order valence-corrected chi connectivity index (χ2v) is 4.65. The molecule has 0 N–H and O–H groups in total. The highest BCUT2D eigenvalue weighted by Gasteiger charge is 2.47. The van der Waals surface area contributed by atoms with Gasteiger partial charge >= 0.3 is 5.97 Å². The van der Waals surface area contributed by atoms with Crippen LogP contribution in [0.25, 0.3) is 0 Å². The van der Waals surface area contributed by atoms with Gasteiger partial charge in [-0.1, -0.05) is 13.0 Å². The minimum atomic E-state index is -0.842. The van der Waals surface area contributed by atoms with Crippen molar-refractivity contribution in [1.29, 1.82) is 0 Å². The summed E-state index contributed by atoms with van der Waals surface area (Å²) in [5, 5.41) is 0. The van der Waals surface area contributed by atoms with Crippen LogP contribution >= 0.6 is 0 Å². The summed E-state index contributed by atoms with van der Waals surface area (Å²) < 4.78 is 4.82. The van der Waals surface area contributed by atoms with Crippen LogP contribution in [0.15, 0.2) is 12.7 Å². The lowest BCUT2D eigenvalue weighted by atomic mass is 9.81. The zero-order chi connectivity index (χ0) is 13.1. The van der Waals surface area contributed by atoms with E-state index in [1.807, 2.05) is 6.92 Å². The van der Waals surface area contributed by atoms with Crippen molar-refractivity contribution < 1.29 is 14.3 Å². The molecule has 2 unspecified atom stereocenters. The topological polar surface area (TPSA) is 46.6 Å². The Balaban J connectivity index is 3.02. The molecule has 0 aromatic rings. The first-order chi connectivity index (χ1) is 8.01. The second-order valence-electron chi connectivity index (χ2n) is 4.65. The molecule has 17 heavy (non-hydrogen) atoms. The normalized spacial score (nSPS) is 29.0. The molecule has 1 saturated heterocycles. The van der Waals surface area contributed by atoms with E-state index >= 15 is 0 Å². The van der Waals surface area contributed by atoms with E-state index in [0.29, 0.717) is 13.0 Å². The third kappa shape index (κ3) is 2.35. The molecular formula is C13H21NO3. The van der Waals surface area contributed by atoms with Crippen molar-refractivity contribution in [2.24, 2.45) is 5.92 Å². The lowest BCUT2D eigenvalue weighted by Gasteiger charge is -2.44. The van der Waals surface area contributed by atoms with E-state index < -0.39 is 5.54 Å². The van der Waals surface area contributed by atoms with Gasteiger partial charge < -0.3 is 9.64 Å². The minimum absolute atomic E-state index is 0.0210. The summed E-state index contributed by atoms with van der Waals surface area (Å²) in [6, 6.07) is 0. The molecule has 1 fully saturated rings. The average Bonchev–Trinajstić information content (AvgIpc) is 2.33. The number of rotatable bonds is 4. The summed E-state index contributed by atoms with van der Waals surface area (Å²) in [6.45, 7) is 7.80. The van der Waals surface area contributed by atoms with Crippen molar-refractivity contribution in [3.8, 4) is 0 Å². The number of hydrogen-bond donors (Lipinski definition) is 0. The van der Waals surface area contributed by atoms with Crippen molar-refractivity contribution >= 4 is 11.9 Å². The summed E-state index contributed by atoms with van der Waals surface area (Å²) in [7, 11) is 1.36. The average molecular weight is 239 g/mol. The first kappa shape index (κ1) is 13.7. The summed E-state index contributed by atoms with van der Waals surface area (Å²) in [4.78, 5) is 25.7. The second kappa shape index (κ2) is 5.34. The molecule has 1 heterocycles. The molecule has 0 spiro atoms. The van der Waals surface area contributed by atoms with Crippen molar-refractivity contribution in [2.75, 3.05) is 13.7 Å². The van der Waals surface area contributed by atoms with Gasteiger partial charge in [0, 0.05) is 12.5 Å². The fraction of sp³-hybridized carbons (Fsp3) is 0.692. The standard InChI is InChI=1S/C13H21NO3/c1-5-9-14-11(15)10(6-2)7-8-13(14,3)12(16)17-4/h5,10H,1,6-9H2,2-4H3. The monoisotopic (exact) mass is 239 g/mol. The van der Waals surface area contributed by atoms with Gasteiger partial charge in [-0.25, -0.2) is 4.79 Å². The maximum atomic E-state index is 12.3. The van der Waals surface area contributed by atoms with Gasteiger partial charge in [-0.2, -0.15) is 0 Å². The van der Waals surface area contributed by atoms with Crippen LogP contribution in [0.2, 0.25) is 0 Å². The Kier molecular flexibility index (Phi) is 4.32. The summed E-state index contributed by atoms with van der Waals surface area (Å²) >= 11 is 0. The molecule has 0 saturated carbocycles. The van der Waals surface area contributed by atoms with Gasteiger partial charge in [0.2, 0.25) is 5.91 Å². The van der Waals surface area contributed by atoms with Crippen LogP contribution in [-0.2, 0) is 14.3 Å². The number of ether oxygens (including phenoxy) is 1. The Hall–Kier alpha value is -1.32. The number of piperidine rings is 1. The van der Waals surface area contributed by atoms with E-state index in [2.05, 4.69) is 6.58 Å². The van der Waals surface area contributed by atoms with Crippen LogP contribution in [0.3, 0.4) is 0 Å². The maximum absolute atomic E-state index is 12.3. The number of amides is 1. The van der Waals surface area contributed by atoms with Crippen molar-refractivity contribution in [1.82, 2.24) is 4.90 Å². The maximum Gasteiger partial charge on any atom is 0.331 e. The molecule has 0 aliphatic carbocycles. The van der Waals surface area contributed by atoms with Crippen LogP contribution in [0.1, 0.15) is 33.1 Å². The van der Waals surface area contributed by atoms with E-state index in [-0.39, 0.29) is 17.8 Å². The van der Waals surface area contributed by atoms with Gasteiger partial charge in [-0.15, -0.1) is 6.58 Å². The number of hydrogen-bond acceptors (Lipinski definition) is 3. The van der Waals surface area contributed by atoms with E-state index in [1.165, 1.54) is 7.11 Å². The predicted octanol–water partition coefficient (Wildman–Crippen LogP) is 1.75. The van der Waals surface area contributed by atoms with Gasteiger partial charge in [0.1, 0.15) is 5.54 Å². The van der Waals surface area contributed by atoms with Crippen LogP contribution < -0.4 is 0 Å². The zero-order valence-corrected chi connectivity index (χ0v) is 10.9. The Bertz CT molecular complexity index is 327.